The molecule has 34 heavy (non-hydrogen) atoms. The number of thioether (sulfide) groups is 1. The van der Waals surface area contributed by atoms with E-state index in [1.165, 1.54) is 0 Å². The monoisotopic (exact) mass is 480 g/mol. The van der Waals surface area contributed by atoms with E-state index < -0.39 is 11.6 Å². The van der Waals surface area contributed by atoms with Crippen LogP contribution in [0.2, 0.25) is 0 Å². The number of allylic oxidation sites excluding steroid dienone is 1. The van der Waals surface area contributed by atoms with Gasteiger partial charge in [0.2, 0.25) is 0 Å². The molecule has 0 atom stereocenters. The highest BCUT2D eigenvalue weighted by molar-refractivity contribution is 7.98. The molecule has 0 saturated carbocycles. The highest BCUT2D eigenvalue weighted by Gasteiger charge is 2.32. The van der Waals surface area contributed by atoms with E-state index in [9.17, 15) is 14.7 Å². The number of fused-ring (bicyclic) bond motifs is 1. The van der Waals surface area contributed by atoms with Gasteiger partial charge in [0.1, 0.15) is 11.3 Å². The molecule has 0 amide bonds. The molecule has 0 aliphatic rings. The van der Waals surface area contributed by atoms with Gasteiger partial charge < -0.3 is 14.3 Å². The van der Waals surface area contributed by atoms with Gasteiger partial charge in [-0.15, -0.1) is 11.8 Å². The van der Waals surface area contributed by atoms with E-state index >= 15 is 0 Å². The standard InChI is InChI=1S/C28H32O5S/c1-16(2)21-14-18(15-22(17(3)4)26(21)33-28(5,6)27(30)31)8-10-23(29)19-9-11-24(34-7)20-12-13-32-25(19)20/h8-17H,1-7H3,(H,30,31)/b10-8+. The lowest BCUT2D eigenvalue weighted by Crippen LogP contribution is -2.38. The van der Waals surface area contributed by atoms with Crippen molar-refractivity contribution in [1.82, 2.24) is 0 Å². The number of benzene rings is 2. The maximum atomic E-state index is 13.1. The van der Waals surface area contributed by atoms with Crippen molar-refractivity contribution in [3.8, 4) is 5.75 Å². The van der Waals surface area contributed by atoms with Gasteiger partial charge in [0.05, 0.1) is 11.8 Å². The van der Waals surface area contributed by atoms with E-state index in [-0.39, 0.29) is 17.6 Å². The second-order valence-electron chi connectivity index (χ2n) is 9.43. The Morgan fingerprint density at radius 2 is 1.68 bits per heavy atom. The Morgan fingerprint density at radius 1 is 1.06 bits per heavy atom. The van der Waals surface area contributed by atoms with Gasteiger partial charge in [-0.25, -0.2) is 4.79 Å². The summed E-state index contributed by atoms with van der Waals surface area (Å²) >= 11 is 1.61. The molecular formula is C28H32O5S. The highest BCUT2D eigenvalue weighted by atomic mass is 32.2. The average molecular weight is 481 g/mol. The number of aliphatic carboxylic acids is 1. The topological polar surface area (TPSA) is 76.7 Å². The summed E-state index contributed by atoms with van der Waals surface area (Å²) < 4.78 is 11.7. The molecule has 3 aromatic rings. The van der Waals surface area contributed by atoms with E-state index in [4.69, 9.17) is 9.15 Å². The third-order valence-electron chi connectivity index (χ3n) is 5.77. The summed E-state index contributed by atoms with van der Waals surface area (Å²) in [5.41, 5.74) is 2.42. The molecular weight excluding hydrogens is 448 g/mol. The number of ketones is 1. The number of carboxylic acid groups (broad SMARTS) is 1. The van der Waals surface area contributed by atoms with E-state index in [1.54, 1.807) is 50.1 Å². The van der Waals surface area contributed by atoms with Crippen molar-refractivity contribution in [1.29, 1.82) is 0 Å². The third kappa shape index (κ3) is 5.22. The van der Waals surface area contributed by atoms with Crippen LogP contribution in [0.3, 0.4) is 0 Å². The van der Waals surface area contributed by atoms with Crippen molar-refractivity contribution in [2.75, 3.05) is 6.26 Å². The van der Waals surface area contributed by atoms with Crippen LogP contribution in [0, 0.1) is 0 Å². The van der Waals surface area contributed by atoms with Crippen LogP contribution in [0.4, 0.5) is 0 Å². The molecule has 3 rings (SSSR count). The Morgan fingerprint density at radius 3 is 2.21 bits per heavy atom. The minimum Gasteiger partial charge on any atom is -0.478 e. The molecule has 180 valence electrons. The number of carboxylic acids is 1. The number of hydrogen-bond acceptors (Lipinski definition) is 5. The Hall–Kier alpha value is -2.99. The van der Waals surface area contributed by atoms with Crippen LogP contribution in [0.5, 0.6) is 5.75 Å². The van der Waals surface area contributed by atoms with E-state index in [0.717, 1.165) is 27.0 Å². The van der Waals surface area contributed by atoms with Crippen LogP contribution < -0.4 is 4.74 Å². The lowest BCUT2D eigenvalue weighted by molar-refractivity contribution is -0.152. The molecule has 1 N–H and O–H groups in total. The fraction of sp³-hybridized carbons (Fsp3) is 0.357. The molecule has 6 heteroatoms. The van der Waals surface area contributed by atoms with Crippen molar-refractivity contribution in [2.24, 2.45) is 0 Å². The van der Waals surface area contributed by atoms with Crippen molar-refractivity contribution >= 4 is 40.6 Å². The zero-order valence-electron chi connectivity index (χ0n) is 20.8. The molecule has 1 heterocycles. The Kier molecular flexibility index (Phi) is 7.61. The molecule has 0 aliphatic heterocycles. The average Bonchev–Trinajstić information content (AvgIpc) is 3.26. The number of furan rings is 1. The van der Waals surface area contributed by atoms with Crippen LogP contribution in [0.15, 0.2) is 52.0 Å². The molecule has 0 bridgehead atoms. The lowest BCUT2D eigenvalue weighted by Gasteiger charge is -2.28. The zero-order chi connectivity index (χ0) is 25.2. The van der Waals surface area contributed by atoms with E-state index in [2.05, 4.69) is 0 Å². The van der Waals surface area contributed by atoms with E-state index in [1.807, 2.05) is 58.2 Å². The van der Waals surface area contributed by atoms with Gasteiger partial charge in [-0.3, -0.25) is 4.79 Å². The fourth-order valence-corrected chi connectivity index (χ4v) is 4.32. The van der Waals surface area contributed by atoms with Crippen molar-refractivity contribution in [2.45, 2.75) is 63.9 Å². The van der Waals surface area contributed by atoms with Crippen LogP contribution in [-0.4, -0.2) is 28.7 Å². The summed E-state index contributed by atoms with van der Waals surface area (Å²) in [6.07, 6.45) is 6.95. The number of hydrogen-bond donors (Lipinski definition) is 1. The second kappa shape index (κ2) is 10.1. The second-order valence-corrected chi connectivity index (χ2v) is 10.3. The van der Waals surface area contributed by atoms with Gasteiger partial charge in [-0.2, -0.15) is 0 Å². The van der Waals surface area contributed by atoms with Crippen molar-refractivity contribution in [3.63, 3.8) is 0 Å². The molecule has 1 aromatic heterocycles. The smallest absolute Gasteiger partial charge is 0.347 e. The summed E-state index contributed by atoms with van der Waals surface area (Å²) in [5, 5.41) is 10.5. The summed E-state index contributed by atoms with van der Waals surface area (Å²) in [4.78, 5) is 25.8. The van der Waals surface area contributed by atoms with Crippen LogP contribution in [-0.2, 0) is 4.79 Å². The molecule has 0 unspecified atom stereocenters. The lowest BCUT2D eigenvalue weighted by atomic mass is 9.90. The zero-order valence-corrected chi connectivity index (χ0v) is 21.6. The van der Waals surface area contributed by atoms with Gasteiger partial charge in [0.15, 0.2) is 11.4 Å². The SMILES string of the molecule is CSc1ccc(C(=O)/C=C/c2cc(C(C)C)c(OC(C)(C)C(=O)O)c(C(C)C)c2)c2occc12. The summed E-state index contributed by atoms with van der Waals surface area (Å²) in [6.45, 7) is 11.3. The summed E-state index contributed by atoms with van der Waals surface area (Å²) in [7, 11) is 0. The molecule has 2 aromatic carbocycles. The quantitative estimate of drug-likeness (QED) is 0.194. The maximum absolute atomic E-state index is 13.1. The van der Waals surface area contributed by atoms with Crippen molar-refractivity contribution < 1.29 is 23.8 Å². The first-order valence-electron chi connectivity index (χ1n) is 11.3. The third-order valence-corrected chi connectivity index (χ3v) is 6.57. The number of rotatable bonds is 9. The normalized spacial score (nSPS) is 12.3. The fourth-order valence-electron chi connectivity index (χ4n) is 3.74. The maximum Gasteiger partial charge on any atom is 0.347 e. The summed E-state index contributed by atoms with van der Waals surface area (Å²) in [5.74, 6) is -0.364. The van der Waals surface area contributed by atoms with Gasteiger partial charge >= 0.3 is 5.97 Å². The molecule has 0 spiro atoms. The predicted octanol–water partition coefficient (Wildman–Crippen LogP) is 7.54. The van der Waals surface area contributed by atoms with Crippen LogP contribution >= 0.6 is 11.8 Å². The van der Waals surface area contributed by atoms with Crippen molar-refractivity contribution in [3.05, 3.63) is 64.9 Å². The van der Waals surface area contributed by atoms with Gasteiger partial charge in [0.25, 0.3) is 0 Å². The molecule has 0 saturated heterocycles. The highest BCUT2D eigenvalue weighted by Crippen LogP contribution is 2.38. The number of ether oxygens (including phenoxy) is 1. The first kappa shape index (κ1) is 25.6. The minimum atomic E-state index is -1.36. The minimum absolute atomic E-state index is 0.1000. The molecule has 5 nitrogen and oxygen atoms in total. The first-order chi connectivity index (χ1) is 16.0. The molecule has 0 radical (unpaired) electrons. The van der Waals surface area contributed by atoms with Gasteiger partial charge in [-0.1, -0.05) is 33.8 Å². The molecule has 0 aliphatic carbocycles. The van der Waals surface area contributed by atoms with Crippen LogP contribution in [0.1, 0.15) is 80.4 Å². The first-order valence-corrected chi connectivity index (χ1v) is 12.6. The Balaban J connectivity index is 2.03. The van der Waals surface area contributed by atoms with Gasteiger partial charge in [0, 0.05) is 10.3 Å². The largest absolute Gasteiger partial charge is 0.478 e. The Bertz CT molecular complexity index is 1220. The van der Waals surface area contributed by atoms with E-state index in [0.29, 0.717) is 16.9 Å². The predicted molar refractivity (Wildman–Crippen MR) is 138 cm³/mol. The van der Waals surface area contributed by atoms with Crippen LogP contribution in [0.25, 0.3) is 17.0 Å². The van der Waals surface area contributed by atoms with Gasteiger partial charge in [-0.05, 0) is 85.0 Å². The number of carbonyl (C=O) groups is 2. The number of carbonyl (C=O) groups excluding carboxylic acids is 1. The molecule has 0 fully saturated rings. The summed E-state index contributed by atoms with van der Waals surface area (Å²) in [6, 6.07) is 9.55. The Labute approximate surface area is 205 Å².